The van der Waals surface area contributed by atoms with E-state index in [4.69, 9.17) is 27.3 Å². The van der Waals surface area contributed by atoms with Crippen LogP contribution in [0.4, 0.5) is 0 Å². The average Bonchev–Trinajstić information content (AvgIpc) is 2.52. The number of carbonyl (C=O) groups is 1. The number of hydrogen-bond acceptors (Lipinski definition) is 3. The largest absolute Gasteiger partial charge is 0.488 e. The number of ether oxygens (including phenoxy) is 1. The quantitative estimate of drug-likeness (QED) is 0.679. The minimum absolute atomic E-state index is 0.131. The molecular weight excluding hydrogens is 300 g/mol. The molecule has 0 bridgehead atoms. The normalized spacial score (nSPS) is 10.8. The fourth-order valence-corrected chi connectivity index (χ4v) is 2.01. The molecule has 0 atom stereocenters. The number of hydrogen-bond donors (Lipinski definition) is 1. The van der Waals surface area contributed by atoms with Gasteiger partial charge in [0.25, 0.3) is 5.91 Å². The van der Waals surface area contributed by atoms with Gasteiger partial charge in [0.05, 0.1) is 0 Å². The topological polar surface area (TPSA) is 76.1 Å². The highest BCUT2D eigenvalue weighted by atomic mass is 35.5. The van der Waals surface area contributed by atoms with E-state index in [1.54, 1.807) is 36.4 Å². The molecular formula is C17H13ClN2O2. The summed E-state index contributed by atoms with van der Waals surface area (Å²) >= 11 is 6.08. The Morgan fingerprint density at radius 2 is 1.91 bits per heavy atom. The first-order valence-electron chi connectivity index (χ1n) is 6.48. The Labute approximate surface area is 133 Å². The van der Waals surface area contributed by atoms with Gasteiger partial charge < -0.3 is 10.5 Å². The van der Waals surface area contributed by atoms with Gasteiger partial charge in [-0.05, 0) is 18.2 Å². The number of nitrogens with two attached hydrogens (primary N) is 1. The molecule has 0 aliphatic heterocycles. The molecule has 2 rings (SSSR count). The van der Waals surface area contributed by atoms with Crippen molar-refractivity contribution in [2.24, 2.45) is 5.73 Å². The Bertz CT molecular complexity index is 763. The number of carbonyl (C=O) groups excluding carboxylic acids is 1. The number of primary amides is 1. The zero-order valence-corrected chi connectivity index (χ0v) is 12.4. The lowest BCUT2D eigenvalue weighted by Gasteiger charge is -2.10. The second-order valence-electron chi connectivity index (χ2n) is 4.45. The van der Waals surface area contributed by atoms with Gasteiger partial charge in [-0.1, -0.05) is 48.0 Å². The summed E-state index contributed by atoms with van der Waals surface area (Å²) < 4.78 is 5.74. The summed E-state index contributed by atoms with van der Waals surface area (Å²) in [4.78, 5) is 11.1. The molecule has 2 aromatic carbocycles. The Hall–Kier alpha value is -2.77. The SMILES string of the molecule is N#C/C(=C/c1ccccc1OCc1ccccc1Cl)C(N)=O. The summed E-state index contributed by atoms with van der Waals surface area (Å²) in [7, 11) is 0. The second kappa shape index (κ2) is 7.30. The van der Waals surface area contributed by atoms with Crippen LogP contribution < -0.4 is 10.5 Å². The van der Waals surface area contributed by atoms with Crippen LogP contribution in [-0.4, -0.2) is 5.91 Å². The minimum Gasteiger partial charge on any atom is -0.488 e. The first-order valence-corrected chi connectivity index (χ1v) is 6.86. The molecule has 4 nitrogen and oxygen atoms in total. The van der Waals surface area contributed by atoms with Gasteiger partial charge >= 0.3 is 0 Å². The third-order valence-electron chi connectivity index (χ3n) is 2.95. The van der Waals surface area contributed by atoms with E-state index in [-0.39, 0.29) is 12.2 Å². The molecule has 110 valence electrons. The van der Waals surface area contributed by atoms with Gasteiger partial charge in [0, 0.05) is 16.1 Å². The van der Waals surface area contributed by atoms with Crippen molar-refractivity contribution < 1.29 is 9.53 Å². The molecule has 0 saturated carbocycles. The van der Waals surface area contributed by atoms with Crippen LogP contribution >= 0.6 is 11.6 Å². The number of nitriles is 1. The smallest absolute Gasteiger partial charge is 0.259 e. The molecule has 0 fully saturated rings. The van der Waals surface area contributed by atoms with Crippen molar-refractivity contribution in [3.8, 4) is 11.8 Å². The Morgan fingerprint density at radius 1 is 1.23 bits per heavy atom. The summed E-state index contributed by atoms with van der Waals surface area (Å²) in [5.41, 5.74) is 6.46. The highest BCUT2D eigenvalue weighted by Gasteiger charge is 2.08. The molecule has 1 amide bonds. The molecule has 5 heteroatoms. The highest BCUT2D eigenvalue weighted by molar-refractivity contribution is 6.31. The van der Waals surface area contributed by atoms with Crippen LogP contribution in [0.15, 0.2) is 54.1 Å². The minimum atomic E-state index is -0.775. The predicted molar refractivity (Wildman–Crippen MR) is 85.0 cm³/mol. The zero-order chi connectivity index (χ0) is 15.9. The van der Waals surface area contributed by atoms with Crippen molar-refractivity contribution in [3.63, 3.8) is 0 Å². The van der Waals surface area contributed by atoms with Crippen molar-refractivity contribution in [1.29, 1.82) is 5.26 Å². The van der Waals surface area contributed by atoms with Gasteiger partial charge in [-0.15, -0.1) is 0 Å². The molecule has 2 aromatic rings. The summed E-state index contributed by atoms with van der Waals surface area (Å²) in [6.07, 6.45) is 1.41. The lowest BCUT2D eigenvalue weighted by Crippen LogP contribution is -2.12. The van der Waals surface area contributed by atoms with Crippen molar-refractivity contribution in [1.82, 2.24) is 0 Å². The number of para-hydroxylation sites is 1. The fraction of sp³-hybridized carbons (Fsp3) is 0.0588. The first kappa shape index (κ1) is 15.6. The maximum atomic E-state index is 11.1. The Kier molecular flexibility index (Phi) is 5.18. The maximum Gasteiger partial charge on any atom is 0.259 e. The lowest BCUT2D eigenvalue weighted by molar-refractivity contribution is -0.114. The van der Waals surface area contributed by atoms with E-state index in [0.717, 1.165) is 5.56 Å². The summed E-state index contributed by atoms with van der Waals surface area (Å²) in [6.45, 7) is 0.281. The molecule has 0 aliphatic rings. The molecule has 0 aliphatic carbocycles. The van der Waals surface area contributed by atoms with Crippen molar-refractivity contribution >= 4 is 23.6 Å². The summed E-state index contributed by atoms with van der Waals surface area (Å²) in [5, 5.41) is 9.53. The molecule has 0 unspecified atom stereocenters. The molecule has 0 aromatic heterocycles. The van der Waals surface area contributed by atoms with E-state index >= 15 is 0 Å². The van der Waals surface area contributed by atoms with Crippen molar-refractivity contribution in [2.45, 2.75) is 6.61 Å². The number of amides is 1. The molecule has 2 N–H and O–H groups in total. The van der Waals surface area contributed by atoms with Gasteiger partial charge in [-0.2, -0.15) is 5.26 Å². The van der Waals surface area contributed by atoms with E-state index < -0.39 is 5.91 Å². The van der Waals surface area contributed by atoms with Gasteiger partial charge in [0.1, 0.15) is 24.0 Å². The third-order valence-corrected chi connectivity index (χ3v) is 3.31. The monoisotopic (exact) mass is 312 g/mol. The lowest BCUT2D eigenvalue weighted by atomic mass is 10.1. The van der Waals surface area contributed by atoms with E-state index in [0.29, 0.717) is 16.3 Å². The van der Waals surface area contributed by atoms with Crippen LogP contribution in [0.1, 0.15) is 11.1 Å². The van der Waals surface area contributed by atoms with Crippen LogP contribution in [0.3, 0.4) is 0 Å². The van der Waals surface area contributed by atoms with Crippen LogP contribution in [-0.2, 0) is 11.4 Å². The van der Waals surface area contributed by atoms with Gasteiger partial charge in [-0.25, -0.2) is 0 Å². The van der Waals surface area contributed by atoms with Crippen LogP contribution in [0.25, 0.3) is 6.08 Å². The van der Waals surface area contributed by atoms with Gasteiger partial charge in [0.15, 0.2) is 0 Å². The van der Waals surface area contributed by atoms with Crippen LogP contribution in [0.5, 0.6) is 5.75 Å². The Morgan fingerprint density at radius 3 is 2.59 bits per heavy atom. The fourth-order valence-electron chi connectivity index (χ4n) is 1.82. The first-order chi connectivity index (χ1) is 10.6. The van der Waals surface area contributed by atoms with Gasteiger partial charge in [0.2, 0.25) is 0 Å². The maximum absolute atomic E-state index is 11.1. The van der Waals surface area contributed by atoms with Crippen molar-refractivity contribution in [2.75, 3.05) is 0 Å². The van der Waals surface area contributed by atoms with Crippen LogP contribution in [0.2, 0.25) is 5.02 Å². The summed E-state index contributed by atoms with van der Waals surface area (Å²) in [6, 6.07) is 16.2. The molecule has 0 radical (unpaired) electrons. The van der Waals surface area contributed by atoms with Crippen molar-refractivity contribution in [3.05, 3.63) is 70.3 Å². The van der Waals surface area contributed by atoms with E-state index in [1.807, 2.05) is 18.2 Å². The average molecular weight is 313 g/mol. The second-order valence-corrected chi connectivity index (χ2v) is 4.86. The van der Waals surface area contributed by atoms with Gasteiger partial charge in [-0.3, -0.25) is 4.79 Å². The molecule has 0 spiro atoms. The zero-order valence-electron chi connectivity index (χ0n) is 11.6. The molecule has 0 saturated heterocycles. The Balaban J connectivity index is 2.24. The van der Waals surface area contributed by atoms with Crippen LogP contribution in [0, 0.1) is 11.3 Å². The third kappa shape index (κ3) is 3.87. The highest BCUT2D eigenvalue weighted by Crippen LogP contribution is 2.23. The van der Waals surface area contributed by atoms with E-state index in [1.165, 1.54) is 6.08 Å². The number of rotatable bonds is 5. The molecule has 22 heavy (non-hydrogen) atoms. The number of benzene rings is 2. The number of nitrogens with zero attached hydrogens (tertiary/aromatic N) is 1. The van der Waals surface area contributed by atoms with E-state index in [2.05, 4.69) is 0 Å². The summed E-state index contributed by atoms with van der Waals surface area (Å²) in [5.74, 6) is -0.236. The number of halogens is 1. The molecule has 0 heterocycles. The predicted octanol–water partition coefficient (Wildman–Crippen LogP) is 3.31. The standard InChI is InChI=1S/C17H13ClN2O2/c18-15-7-3-1-6-13(15)11-22-16-8-4-2-5-12(16)9-14(10-19)17(20)21/h1-9H,11H2,(H2,20,21)/b14-9-. The van der Waals surface area contributed by atoms with E-state index in [9.17, 15) is 4.79 Å².